The van der Waals surface area contributed by atoms with Crippen LogP contribution in [0, 0.1) is 0 Å². The number of hydrogen-bond acceptors (Lipinski definition) is 4. The van der Waals surface area contributed by atoms with Crippen molar-refractivity contribution in [3.63, 3.8) is 0 Å². The monoisotopic (exact) mass is 676 g/mol. The molecule has 1 fully saturated rings. The first-order valence-electron chi connectivity index (χ1n) is 20.9. The number of thiol groups is 1. The molecule has 1 rings (SSSR count). The van der Waals surface area contributed by atoms with Gasteiger partial charge in [0.15, 0.2) is 0 Å². The minimum Gasteiger partial charge on any atom is -0.355 e. The molecule has 0 saturated carbocycles. The molecule has 0 aromatic heterocycles. The molecule has 276 valence electrons. The highest BCUT2D eigenvalue weighted by Gasteiger charge is 2.30. The number of rotatable bonds is 35. The Morgan fingerprint density at radius 3 is 1.45 bits per heavy atom. The number of carbonyl (C=O) groups is 1. The molecule has 1 aliphatic heterocycles. The molecule has 0 aliphatic carbocycles. The molecule has 0 radical (unpaired) electrons. The second-order valence-electron chi connectivity index (χ2n) is 14.3. The minimum atomic E-state index is 0.239. The number of nitrogens with one attached hydrogen (secondary N) is 1. The zero-order valence-electron chi connectivity index (χ0n) is 31.7. The van der Waals surface area contributed by atoms with Gasteiger partial charge in [-0.05, 0) is 64.2 Å². The summed E-state index contributed by atoms with van der Waals surface area (Å²) in [6.07, 6.45) is 46.5. The van der Waals surface area contributed by atoms with Crippen LogP contribution in [0.2, 0.25) is 0 Å². The van der Waals surface area contributed by atoms with E-state index in [9.17, 15) is 4.79 Å². The SMILES string of the molecule is CCCCCCCC/C=C\CCCCCCCC(=O)NCCN1CCN(CCS)C1CCCCCCC/C=C\CCCCCCCC. The Kier molecular flexibility index (Phi) is 33.0. The summed E-state index contributed by atoms with van der Waals surface area (Å²) >= 11 is 4.53. The molecule has 0 spiro atoms. The van der Waals surface area contributed by atoms with Crippen LogP contribution in [0.3, 0.4) is 0 Å². The fraction of sp³-hybridized carbons (Fsp3) is 0.881. The highest BCUT2D eigenvalue weighted by molar-refractivity contribution is 7.80. The number of allylic oxidation sites excluding steroid dienone is 4. The third-order valence-electron chi connectivity index (χ3n) is 10.0. The Labute approximate surface area is 300 Å². The predicted molar refractivity (Wildman–Crippen MR) is 213 cm³/mol. The zero-order chi connectivity index (χ0) is 33.9. The van der Waals surface area contributed by atoms with Gasteiger partial charge in [-0.1, -0.05) is 147 Å². The Hall–Kier alpha value is -0.780. The Bertz CT molecular complexity index is 727. The minimum absolute atomic E-state index is 0.239. The summed E-state index contributed by atoms with van der Waals surface area (Å²) in [5.74, 6) is 1.16. The van der Waals surface area contributed by atoms with Gasteiger partial charge in [0, 0.05) is 44.9 Å². The summed E-state index contributed by atoms with van der Waals surface area (Å²) in [5.41, 5.74) is 0. The van der Waals surface area contributed by atoms with E-state index in [4.69, 9.17) is 0 Å². The molecule has 1 unspecified atom stereocenters. The van der Waals surface area contributed by atoms with Crippen molar-refractivity contribution in [1.29, 1.82) is 0 Å². The maximum absolute atomic E-state index is 12.5. The van der Waals surface area contributed by atoms with Crippen LogP contribution in [0.1, 0.15) is 194 Å². The van der Waals surface area contributed by atoms with Crippen LogP contribution >= 0.6 is 12.6 Å². The molecule has 0 bridgehead atoms. The van der Waals surface area contributed by atoms with Crippen LogP contribution in [-0.4, -0.2) is 60.3 Å². The lowest BCUT2D eigenvalue weighted by Gasteiger charge is -2.30. The van der Waals surface area contributed by atoms with E-state index in [0.29, 0.717) is 12.6 Å². The number of amides is 1. The molecular weight excluding hydrogens is 595 g/mol. The van der Waals surface area contributed by atoms with Gasteiger partial charge in [-0.2, -0.15) is 12.6 Å². The van der Waals surface area contributed by atoms with E-state index in [-0.39, 0.29) is 5.91 Å². The maximum atomic E-state index is 12.5. The van der Waals surface area contributed by atoms with E-state index in [2.05, 4.69) is 65.9 Å². The smallest absolute Gasteiger partial charge is 0.220 e. The molecular formula is C42H81N3OS. The lowest BCUT2D eigenvalue weighted by atomic mass is 10.1. The van der Waals surface area contributed by atoms with Crippen LogP contribution in [-0.2, 0) is 4.79 Å². The van der Waals surface area contributed by atoms with Gasteiger partial charge in [0.1, 0.15) is 0 Å². The van der Waals surface area contributed by atoms with Gasteiger partial charge < -0.3 is 5.32 Å². The number of hydrogen-bond donors (Lipinski definition) is 2. The Morgan fingerprint density at radius 1 is 0.574 bits per heavy atom. The van der Waals surface area contributed by atoms with E-state index in [1.807, 2.05) is 0 Å². The van der Waals surface area contributed by atoms with Gasteiger partial charge in [-0.25, -0.2) is 0 Å². The standard InChI is InChI=1S/C42H81N3OS/c1-3-5-7-9-11-13-15-17-19-21-23-25-27-29-31-33-41(46)43-35-36-44-37-38-45(39-40-47)42(44)34-32-30-28-26-24-22-20-18-16-14-12-10-8-6-4-2/h17-20,42,47H,3-16,21-40H2,1-2H3,(H,43,46)/b19-17-,20-18-. The first-order chi connectivity index (χ1) is 23.2. The molecule has 5 heteroatoms. The summed E-state index contributed by atoms with van der Waals surface area (Å²) in [6, 6.07) is 0. The largest absolute Gasteiger partial charge is 0.355 e. The van der Waals surface area contributed by atoms with Crippen molar-refractivity contribution < 1.29 is 4.79 Å². The van der Waals surface area contributed by atoms with Crippen molar-refractivity contribution in [3.05, 3.63) is 24.3 Å². The molecule has 4 nitrogen and oxygen atoms in total. The maximum Gasteiger partial charge on any atom is 0.220 e. The van der Waals surface area contributed by atoms with Gasteiger partial charge in [0.25, 0.3) is 0 Å². The highest BCUT2D eigenvalue weighted by atomic mass is 32.1. The Morgan fingerprint density at radius 2 is 0.979 bits per heavy atom. The average molecular weight is 676 g/mol. The first-order valence-corrected chi connectivity index (χ1v) is 21.5. The normalized spacial score (nSPS) is 15.9. The van der Waals surface area contributed by atoms with E-state index < -0.39 is 0 Å². The summed E-state index contributed by atoms with van der Waals surface area (Å²) in [6.45, 7) is 9.64. The first kappa shape index (κ1) is 44.2. The van der Waals surface area contributed by atoms with E-state index in [0.717, 1.165) is 44.9 Å². The van der Waals surface area contributed by atoms with Gasteiger partial charge in [0.05, 0.1) is 6.17 Å². The van der Waals surface area contributed by atoms with E-state index >= 15 is 0 Å². The average Bonchev–Trinajstić information content (AvgIpc) is 3.45. The molecule has 47 heavy (non-hydrogen) atoms. The van der Waals surface area contributed by atoms with Crippen molar-refractivity contribution in [2.24, 2.45) is 0 Å². The Balaban J connectivity index is 2.03. The summed E-state index contributed by atoms with van der Waals surface area (Å²) in [7, 11) is 0. The molecule has 1 heterocycles. The van der Waals surface area contributed by atoms with Gasteiger partial charge in [-0.15, -0.1) is 0 Å². The summed E-state index contributed by atoms with van der Waals surface area (Å²) < 4.78 is 0. The second kappa shape index (κ2) is 35.1. The topological polar surface area (TPSA) is 35.6 Å². The van der Waals surface area contributed by atoms with Crippen molar-refractivity contribution in [1.82, 2.24) is 15.1 Å². The number of carbonyl (C=O) groups excluding carboxylic acids is 1. The van der Waals surface area contributed by atoms with E-state index in [1.54, 1.807) is 0 Å². The van der Waals surface area contributed by atoms with Crippen molar-refractivity contribution >= 4 is 18.5 Å². The lowest BCUT2D eigenvalue weighted by Crippen LogP contribution is -2.43. The van der Waals surface area contributed by atoms with Crippen molar-refractivity contribution in [2.75, 3.05) is 38.5 Å². The zero-order valence-corrected chi connectivity index (χ0v) is 32.6. The fourth-order valence-corrected chi connectivity index (χ4v) is 7.24. The van der Waals surface area contributed by atoms with E-state index in [1.165, 1.54) is 167 Å². The highest BCUT2D eigenvalue weighted by Crippen LogP contribution is 2.21. The van der Waals surface area contributed by atoms with Crippen LogP contribution < -0.4 is 5.32 Å². The van der Waals surface area contributed by atoms with Gasteiger partial charge in [0.2, 0.25) is 5.91 Å². The quantitative estimate of drug-likeness (QED) is 0.0399. The molecule has 1 aliphatic rings. The van der Waals surface area contributed by atoms with Crippen LogP contribution in [0.15, 0.2) is 24.3 Å². The fourth-order valence-electron chi connectivity index (χ4n) is 6.98. The molecule has 0 aromatic rings. The molecule has 1 amide bonds. The van der Waals surface area contributed by atoms with Crippen molar-refractivity contribution in [2.45, 2.75) is 200 Å². The summed E-state index contributed by atoms with van der Waals surface area (Å²) in [4.78, 5) is 17.7. The summed E-state index contributed by atoms with van der Waals surface area (Å²) in [5, 5.41) is 3.22. The molecule has 1 N–H and O–H groups in total. The second-order valence-corrected chi connectivity index (χ2v) is 14.8. The van der Waals surface area contributed by atoms with Crippen LogP contribution in [0.4, 0.5) is 0 Å². The number of nitrogens with zero attached hydrogens (tertiary/aromatic N) is 2. The molecule has 1 atom stereocenters. The number of unbranched alkanes of at least 4 members (excludes halogenated alkanes) is 22. The van der Waals surface area contributed by atoms with Gasteiger partial charge in [-0.3, -0.25) is 14.6 Å². The third kappa shape index (κ3) is 27.7. The predicted octanol–water partition coefficient (Wildman–Crippen LogP) is 12.1. The molecule has 0 aromatic carbocycles. The third-order valence-corrected chi connectivity index (χ3v) is 10.2. The lowest BCUT2D eigenvalue weighted by molar-refractivity contribution is -0.121. The van der Waals surface area contributed by atoms with Crippen LogP contribution in [0.25, 0.3) is 0 Å². The molecule has 1 saturated heterocycles. The van der Waals surface area contributed by atoms with Crippen molar-refractivity contribution in [3.8, 4) is 0 Å². The van der Waals surface area contributed by atoms with Gasteiger partial charge >= 0.3 is 0 Å². The van der Waals surface area contributed by atoms with Crippen LogP contribution in [0.5, 0.6) is 0 Å².